The number of amides is 1. The molecule has 1 amide bonds. The van der Waals surface area contributed by atoms with Gasteiger partial charge in [0, 0.05) is 11.8 Å². The molecule has 0 saturated carbocycles. The second-order valence-corrected chi connectivity index (χ2v) is 26.3. The zero-order valence-corrected chi connectivity index (χ0v) is 34.6. The van der Waals surface area contributed by atoms with Crippen LogP contribution in [0.25, 0.3) is 0 Å². The van der Waals surface area contributed by atoms with Crippen molar-refractivity contribution in [2.24, 2.45) is 35.3 Å². The lowest BCUT2D eigenvalue weighted by Crippen LogP contribution is -2.50. The van der Waals surface area contributed by atoms with Crippen molar-refractivity contribution in [2.75, 3.05) is 0 Å². The van der Waals surface area contributed by atoms with Gasteiger partial charge in [-0.1, -0.05) is 119 Å². The van der Waals surface area contributed by atoms with Crippen molar-refractivity contribution in [3.05, 3.63) is 48.6 Å². The number of ketones is 1. The average molecular weight is 678 g/mol. The van der Waals surface area contributed by atoms with Crippen LogP contribution in [0.4, 0.5) is 4.79 Å². The molecule has 0 bridgehead atoms. The van der Waals surface area contributed by atoms with E-state index in [1.165, 1.54) is 5.57 Å². The predicted molar refractivity (Wildman–Crippen MR) is 202 cm³/mol. The van der Waals surface area contributed by atoms with Crippen LogP contribution in [0.15, 0.2) is 48.6 Å². The van der Waals surface area contributed by atoms with E-state index in [0.29, 0.717) is 0 Å². The van der Waals surface area contributed by atoms with E-state index in [1.807, 2.05) is 25.2 Å². The summed E-state index contributed by atoms with van der Waals surface area (Å²) in [6.45, 7) is 40.9. The molecule has 0 aromatic heterocycles. The Morgan fingerprint density at radius 3 is 1.63 bits per heavy atom. The third kappa shape index (κ3) is 14.2. The number of ether oxygens (including phenoxy) is 1. The average Bonchev–Trinajstić information content (AvgIpc) is 2.88. The minimum atomic E-state index is -2.19. The molecule has 8 heteroatoms. The second-order valence-electron chi connectivity index (χ2n) is 16.8. The summed E-state index contributed by atoms with van der Waals surface area (Å²) >= 11 is 0. The van der Waals surface area contributed by atoms with Gasteiger partial charge in [0.15, 0.2) is 22.4 Å². The molecule has 0 aliphatic carbocycles. The molecule has 0 aromatic rings. The van der Waals surface area contributed by atoms with E-state index < -0.39 is 28.8 Å². The minimum absolute atomic E-state index is 0.0102. The molecule has 0 fully saturated rings. The van der Waals surface area contributed by atoms with E-state index in [-0.39, 0.29) is 57.7 Å². The van der Waals surface area contributed by atoms with E-state index >= 15 is 0 Å². The summed E-state index contributed by atoms with van der Waals surface area (Å²) in [5.41, 5.74) is 6.85. The first-order valence-corrected chi connectivity index (χ1v) is 23.0. The van der Waals surface area contributed by atoms with Gasteiger partial charge in [-0.15, -0.1) is 0 Å². The Bertz CT molecular complexity index is 1080. The number of hydrogen-bond donors (Lipinski definition) is 1. The van der Waals surface area contributed by atoms with E-state index in [0.717, 1.165) is 6.42 Å². The van der Waals surface area contributed by atoms with Gasteiger partial charge in [-0.05, 0) is 80.4 Å². The molecule has 8 atom stereocenters. The van der Waals surface area contributed by atoms with Gasteiger partial charge in [0.1, 0.15) is 6.10 Å². The highest BCUT2D eigenvalue weighted by atomic mass is 28.4. The minimum Gasteiger partial charge on any atom is -0.445 e. The topological polar surface area (TPSA) is 87.8 Å². The smallest absolute Gasteiger partial charge is 0.404 e. The van der Waals surface area contributed by atoms with Gasteiger partial charge in [0.2, 0.25) is 0 Å². The molecule has 0 spiro atoms. The number of carbonyl (C=O) groups excluding carboxylic acids is 2. The summed E-state index contributed by atoms with van der Waals surface area (Å²) in [6, 6.07) is 0. The van der Waals surface area contributed by atoms with Crippen molar-refractivity contribution in [2.45, 2.75) is 151 Å². The van der Waals surface area contributed by atoms with E-state index in [1.54, 1.807) is 19.1 Å². The van der Waals surface area contributed by atoms with Crippen LogP contribution >= 0.6 is 0 Å². The molecule has 266 valence electrons. The monoisotopic (exact) mass is 677 g/mol. The van der Waals surface area contributed by atoms with Crippen LogP contribution in [0.3, 0.4) is 0 Å². The molecule has 46 heavy (non-hydrogen) atoms. The summed E-state index contributed by atoms with van der Waals surface area (Å²) in [5, 5.41) is 0.0740. The molecule has 0 saturated heterocycles. The summed E-state index contributed by atoms with van der Waals surface area (Å²) in [7, 11) is -4.28. The van der Waals surface area contributed by atoms with Gasteiger partial charge in [-0.3, -0.25) is 4.79 Å². The van der Waals surface area contributed by atoms with Crippen molar-refractivity contribution in [1.82, 2.24) is 0 Å². The van der Waals surface area contributed by atoms with Crippen LogP contribution in [0.5, 0.6) is 0 Å². The van der Waals surface area contributed by atoms with Crippen LogP contribution < -0.4 is 5.73 Å². The van der Waals surface area contributed by atoms with Crippen molar-refractivity contribution >= 4 is 28.5 Å². The molecular formula is C38H71NO5Si2. The summed E-state index contributed by atoms with van der Waals surface area (Å²) in [6.07, 6.45) is 11.0. The maximum absolute atomic E-state index is 12.1. The van der Waals surface area contributed by atoms with Crippen LogP contribution in [0, 0.1) is 29.6 Å². The first-order chi connectivity index (χ1) is 20.7. The number of rotatable bonds is 18. The third-order valence-electron chi connectivity index (χ3n) is 10.3. The summed E-state index contributed by atoms with van der Waals surface area (Å²) in [4.78, 5) is 23.9. The Morgan fingerprint density at radius 2 is 1.22 bits per heavy atom. The zero-order valence-electron chi connectivity index (χ0n) is 32.6. The Morgan fingerprint density at radius 1 is 0.761 bits per heavy atom. The Labute approximate surface area is 285 Å². The number of nitrogens with two attached hydrogens (primary N) is 1. The highest BCUT2D eigenvalue weighted by Gasteiger charge is 2.44. The molecule has 0 rings (SSSR count). The van der Waals surface area contributed by atoms with Gasteiger partial charge >= 0.3 is 6.09 Å². The Kier molecular flexibility index (Phi) is 17.4. The Balaban J connectivity index is 6.66. The number of carbonyl (C=O) groups is 2. The molecule has 0 unspecified atom stereocenters. The SMILES string of the molecule is C=C/C=C\[C@H](C)[C@H](OC(N)=O)[C@@H](C)[C@H](O[Si](C)(C)C(C)(C)C)[C@@H](C)C/C(C)=C\[C@H](C)[C@@H](O[Si](C)(C)C(C)(C)C)[C@@H](C)/C=C\C(C)=O. The molecule has 0 aromatic carbocycles. The molecule has 6 nitrogen and oxygen atoms in total. The predicted octanol–water partition coefficient (Wildman–Crippen LogP) is 10.6. The summed E-state index contributed by atoms with van der Waals surface area (Å²) in [5.74, 6) is 0.185. The summed E-state index contributed by atoms with van der Waals surface area (Å²) < 4.78 is 20.0. The van der Waals surface area contributed by atoms with Gasteiger partial charge in [0.05, 0.1) is 12.2 Å². The van der Waals surface area contributed by atoms with Gasteiger partial charge in [-0.25, -0.2) is 4.79 Å². The van der Waals surface area contributed by atoms with Crippen LogP contribution in [0.2, 0.25) is 36.3 Å². The lowest BCUT2D eigenvalue weighted by Gasteiger charge is -2.45. The fourth-order valence-electron chi connectivity index (χ4n) is 5.48. The number of hydrogen-bond acceptors (Lipinski definition) is 5. The lowest BCUT2D eigenvalue weighted by molar-refractivity contribution is -0.112. The van der Waals surface area contributed by atoms with Crippen molar-refractivity contribution in [3.8, 4) is 0 Å². The zero-order chi connectivity index (χ0) is 36.4. The van der Waals surface area contributed by atoms with E-state index in [9.17, 15) is 9.59 Å². The van der Waals surface area contributed by atoms with Gasteiger partial charge < -0.3 is 19.3 Å². The Hall–Kier alpha value is -1.75. The highest BCUT2D eigenvalue weighted by Crippen LogP contribution is 2.42. The second kappa shape index (κ2) is 18.1. The quantitative estimate of drug-likeness (QED) is 0.0675. The normalized spacial score (nSPS) is 19.3. The van der Waals surface area contributed by atoms with Crippen molar-refractivity contribution < 1.29 is 23.2 Å². The number of allylic oxidation sites excluding steroid dienone is 4. The molecule has 0 aliphatic rings. The first-order valence-electron chi connectivity index (χ1n) is 17.2. The molecule has 2 N–H and O–H groups in total. The first kappa shape index (κ1) is 44.3. The number of primary amides is 1. The van der Waals surface area contributed by atoms with E-state index in [2.05, 4.69) is 115 Å². The highest BCUT2D eigenvalue weighted by molar-refractivity contribution is 6.74. The molecule has 0 aliphatic heterocycles. The standard InChI is InChI=1S/C38H71NO5Si2/c1-19-20-21-27(3)34(42-36(39)41)32(8)35(44-46(17,18)38(12,13)14)30(6)25-26(2)24-29(5)33(28(4)22-23-31(7)40)43-45(15,16)37(9,10)11/h19-24,27-30,32-35H,1,25H2,2-18H3,(H2,39,41)/b21-20-,23-22-,26-24-/t27-,28-,29-,30-,32+,33-,34-,35+/m0/s1. The largest absolute Gasteiger partial charge is 0.445 e. The molecular weight excluding hydrogens is 607 g/mol. The molecule has 0 heterocycles. The van der Waals surface area contributed by atoms with Crippen molar-refractivity contribution in [3.63, 3.8) is 0 Å². The fraction of sp³-hybridized carbons (Fsp3) is 0.737. The van der Waals surface area contributed by atoms with E-state index in [4.69, 9.17) is 19.3 Å². The third-order valence-corrected chi connectivity index (χ3v) is 19.2. The lowest BCUT2D eigenvalue weighted by atomic mass is 9.81. The van der Waals surface area contributed by atoms with Gasteiger partial charge in [0.25, 0.3) is 0 Å². The fourth-order valence-corrected chi connectivity index (χ4v) is 8.42. The van der Waals surface area contributed by atoms with Crippen LogP contribution in [0.1, 0.15) is 96.4 Å². The van der Waals surface area contributed by atoms with Crippen LogP contribution in [-0.4, -0.2) is 46.8 Å². The maximum Gasteiger partial charge on any atom is 0.404 e. The maximum atomic E-state index is 12.1. The van der Waals surface area contributed by atoms with Crippen molar-refractivity contribution in [1.29, 1.82) is 0 Å². The van der Waals surface area contributed by atoms with Crippen LogP contribution in [-0.2, 0) is 18.4 Å². The molecule has 0 radical (unpaired) electrons. The van der Waals surface area contributed by atoms with Gasteiger partial charge in [-0.2, -0.15) is 0 Å².